The maximum absolute atomic E-state index is 14.0. The number of hydrogen-bond donors (Lipinski definition) is 5. The monoisotopic (exact) mass is 1060 g/mol. The average molecular weight is 1060 g/mol. The minimum atomic E-state index is -1.26. The number of amides is 3. The van der Waals surface area contributed by atoms with E-state index in [4.69, 9.17) is 0 Å². The minimum Gasteiger partial charge on any atom is -0.394 e. The van der Waals surface area contributed by atoms with Gasteiger partial charge in [-0.15, -0.1) is 0 Å². The Morgan fingerprint density at radius 3 is 1.25 bits per heavy atom. The van der Waals surface area contributed by atoms with Gasteiger partial charge < -0.3 is 26.2 Å². The standard InChI is InChI=1S/C69H105N3O5/c1-4-7-10-13-16-18-20-22-24-26-28-30-32-34-36-38-40-43-46-52-66(75)70-60-49-48-51-65(71-67(76)53-47-44-41-39-37-35-33-31-29-27-25-23-21-19-17-14-11-8-5-2)68(77)72-69(61-73,62-74)59-58-64-56-54-63(55-57-64)50-45-42-15-12-9-6-3/h7-8,10-11,16-19,22-25,28-31,34-37,40-41,43-44,54-57,65,73-74H,4-6,9,12-15,20-21,26-27,32-33,38-39,42,45-53,58-62H2,1-3H3,(H,70,75)(H,71,76)(H,72,77)/b10-7-,11-8-,18-16-,19-17-,24-22-,25-23-,30-28-,31-29-,36-34-,37-35-,43-40-,44-41-/t65-/m0/s1. The van der Waals surface area contributed by atoms with Gasteiger partial charge in [0.2, 0.25) is 17.7 Å². The van der Waals surface area contributed by atoms with E-state index < -0.39 is 30.7 Å². The van der Waals surface area contributed by atoms with Crippen molar-refractivity contribution in [3.8, 4) is 0 Å². The Labute approximate surface area is 469 Å². The Kier molecular flexibility index (Phi) is 47.3. The number of carbonyl (C=O) groups excluding carboxylic acids is 3. The maximum Gasteiger partial charge on any atom is 0.243 e. The SMILES string of the molecule is CC/C=C\C/C=C\C/C=C\C/C=C\C/C=C\C/C=C\CCC(=O)NCCCC[C@H](NC(=O)CC/C=C\C/C=C\C/C=C\C/C=C\C/C=C\C/C=C\CC)C(=O)NC(CO)(CO)CCc1ccc(CCCCCCCC)cc1. The van der Waals surface area contributed by atoms with E-state index in [2.05, 4.69) is 189 Å². The number of rotatable bonds is 48. The lowest BCUT2D eigenvalue weighted by molar-refractivity contribution is -0.131. The second-order valence-electron chi connectivity index (χ2n) is 19.8. The number of carbonyl (C=O) groups is 3. The van der Waals surface area contributed by atoms with E-state index in [1.807, 2.05) is 18.2 Å². The highest BCUT2D eigenvalue weighted by Gasteiger charge is 2.33. The van der Waals surface area contributed by atoms with Crippen LogP contribution in [0.3, 0.4) is 0 Å². The van der Waals surface area contributed by atoms with Gasteiger partial charge in [0.05, 0.1) is 18.8 Å². The van der Waals surface area contributed by atoms with E-state index in [9.17, 15) is 24.6 Å². The molecule has 1 aromatic carbocycles. The summed E-state index contributed by atoms with van der Waals surface area (Å²) in [5, 5.41) is 30.0. The van der Waals surface area contributed by atoms with Crippen molar-refractivity contribution in [3.05, 3.63) is 181 Å². The fourth-order valence-corrected chi connectivity index (χ4v) is 8.10. The molecule has 77 heavy (non-hydrogen) atoms. The van der Waals surface area contributed by atoms with Crippen molar-refractivity contribution >= 4 is 17.7 Å². The Bertz CT molecular complexity index is 1990. The molecule has 1 rings (SSSR count). The first kappa shape index (κ1) is 69.4. The highest BCUT2D eigenvalue weighted by molar-refractivity contribution is 5.88. The van der Waals surface area contributed by atoms with Crippen LogP contribution in [-0.2, 0) is 27.2 Å². The van der Waals surface area contributed by atoms with Gasteiger partial charge in [0, 0.05) is 19.4 Å². The van der Waals surface area contributed by atoms with Gasteiger partial charge in [0.1, 0.15) is 6.04 Å². The third kappa shape index (κ3) is 43.1. The lowest BCUT2D eigenvalue weighted by atomic mass is 9.91. The molecular formula is C69H105N3O5. The molecule has 426 valence electrons. The Hall–Kier alpha value is -5.57. The summed E-state index contributed by atoms with van der Waals surface area (Å²) >= 11 is 0. The molecule has 1 aromatic rings. The van der Waals surface area contributed by atoms with Crippen LogP contribution in [0.25, 0.3) is 0 Å². The second-order valence-corrected chi connectivity index (χ2v) is 19.8. The van der Waals surface area contributed by atoms with Gasteiger partial charge in [-0.3, -0.25) is 14.4 Å². The first-order valence-corrected chi connectivity index (χ1v) is 29.8. The van der Waals surface area contributed by atoms with Gasteiger partial charge in [0.15, 0.2) is 0 Å². The molecule has 0 aromatic heterocycles. The number of aryl methyl sites for hydroxylation is 2. The molecule has 0 saturated heterocycles. The van der Waals surface area contributed by atoms with Crippen molar-refractivity contribution in [2.45, 2.75) is 212 Å². The highest BCUT2D eigenvalue weighted by Crippen LogP contribution is 2.18. The molecule has 5 N–H and O–H groups in total. The molecule has 8 heteroatoms. The Morgan fingerprint density at radius 1 is 0.455 bits per heavy atom. The van der Waals surface area contributed by atoms with E-state index in [1.54, 1.807) is 0 Å². The molecule has 0 unspecified atom stereocenters. The minimum absolute atomic E-state index is 0.0235. The summed E-state index contributed by atoms with van der Waals surface area (Å²) in [7, 11) is 0. The fraction of sp³-hybridized carbons (Fsp3) is 0.522. The first-order valence-electron chi connectivity index (χ1n) is 29.8. The van der Waals surface area contributed by atoms with Crippen molar-refractivity contribution in [2.24, 2.45) is 0 Å². The maximum atomic E-state index is 14.0. The summed E-state index contributed by atoms with van der Waals surface area (Å²) in [5.41, 5.74) is 1.10. The number of hydrogen-bond acceptors (Lipinski definition) is 5. The van der Waals surface area contributed by atoms with Gasteiger partial charge in [-0.25, -0.2) is 0 Å². The van der Waals surface area contributed by atoms with Gasteiger partial charge >= 0.3 is 0 Å². The van der Waals surface area contributed by atoms with Gasteiger partial charge in [-0.05, 0) is 146 Å². The predicted octanol–water partition coefficient (Wildman–Crippen LogP) is 16.1. The van der Waals surface area contributed by atoms with Crippen molar-refractivity contribution in [1.29, 1.82) is 0 Å². The van der Waals surface area contributed by atoms with E-state index in [0.717, 1.165) is 89.0 Å². The molecule has 0 aliphatic carbocycles. The van der Waals surface area contributed by atoms with E-state index >= 15 is 0 Å². The molecular weight excluding hydrogens is 951 g/mol. The quantitative estimate of drug-likeness (QED) is 0.0328. The van der Waals surface area contributed by atoms with Crippen LogP contribution in [0.1, 0.15) is 199 Å². The van der Waals surface area contributed by atoms with Crippen LogP contribution in [0.2, 0.25) is 0 Å². The molecule has 0 fully saturated rings. The van der Waals surface area contributed by atoms with Crippen LogP contribution < -0.4 is 16.0 Å². The lowest BCUT2D eigenvalue weighted by Gasteiger charge is -2.33. The molecule has 0 heterocycles. The smallest absolute Gasteiger partial charge is 0.243 e. The topological polar surface area (TPSA) is 128 Å². The van der Waals surface area contributed by atoms with Crippen LogP contribution in [0.4, 0.5) is 0 Å². The third-order valence-corrected chi connectivity index (χ3v) is 12.9. The molecule has 0 bridgehead atoms. The molecule has 0 aliphatic rings. The van der Waals surface area contributed by atoms with Crippen LogP contribution >= 0.6 is 0 Å². The molecule has 1 atom stereocenters. The molecule has 8 nitrogen and oxygen atoms in total. The highest BCUT2D eigenvalue weighted by atomic mass is 16.3. The largest absolute Gasteiger partial charge is 0.394 e. The van der Waals surface area contributed by atoms with Crippen LogP contribution in [0.5, 0.6) is 0 Å². The molecule has 3 amide bonds. The van der Waals surface area contributed by atoms with E-state index in [1.165, 1.54) is 44.1 Å². The number of benzene rings is 1. The summed E-state index contributed by atoms with van der Waals surface area (Å²) in [4.78, 5) is 39.8. The van der Waals surface area contributed by atoms with E-state index in [0.29, 0.717) is 57.9 Å². The van der Waals surface area contributed by atoms with Crippen LogP contribution in [0, 0.1) is 0 Å². The van der Waals surface area contributed by atoms with Gasteiger partial charge in [-0.1, -0.05) is 223 Å². The van der Waals surface area contributed by atoms with Crippen molar-refractivity contribution in [3.63, 3.8) is 0 Å². The second kappa shape index (κ2) is 52.5. The molecule has 0 saturated carbocycles. The summed E-state index contributed by atoms with van der Waals surface area (Å²) in [6.07, 6.45) is 75.9. The zero-order valence-corrected chi connectivity index (χ0v) is 48.3. The third-order valence-electron chi connectivity index (χ3n) is 12.9. The summed E-state index contributed by atoms with van der Waals surface area (Å²) in [6.45, 7) is 6.10. The summed E-state index contributed by atoms with van der Waals surface area (Å²) < 4.78 is 0. The number of allylic oxidation sites excluding steroid dienone is 24. The number of unbranched alkanes of at least 4 members (excludes halogenated alkanes) is 6. The fourth-order valence-electron chi connectivity index (χ4n) is 8.10. The zero-order chi connectivity index (χ0) is 55.8. The lowest BCUT2D eigenvalue weighted by Crippen LogP contribution is -2.59. The van der Waals surface area contributed by atoms with Crippen LogP contribution in [-0.4, -0.2) is 59.3 Å². The normalized spacial score (nSPS) is 13.3. The Balaban J connectivity index is 2.66. The van der Waals surface area contributed by atoms with Gasteiger partial charge in [0.25, 0.3) is 0 Å². The van der Waals surface area contributed by atoms with Crippen LogP contribution in [0.15, 0.2) is 170 Å². The Morgan fingerprint density at radius 2 is 0.831 bits per heavy atom. The summed E-state index contributed by atoms with van der Waals surface area (Å²) in [5.74, 6) is -0.707. The predicted molar refractivity (Wildman–Crippen MR) is 331 cm³/mol. The van der Waals surface area contributed by atoms with Crippen molar-refractivity contribution in [1.82, 2.24) is 16.0 Å². The zero-order valence-electron chi connectivity index (χ0n) is 48.3. The first-order chi connectivity index (χ1) is 37.8. The average Bonchev–Trinajstić information content (AvgIpc) is 3.44. The molecule has 0 spiro atoms. The van der Waals surface area contributed by atoms with Gasteiger partial charge in [-0.2, -0.15) is 0 Å². The number of nitrogens with one attached hydrogen (secondary N) is 3. The van der Waals surface area contributed by atoms with E-state index in [-0.39, 0.29) is 18.2 Å². The van der Waals surface area contributed by atoms with Crippen molar-refractivity contribution < 1.29 is 24.6 Å². The molecule has 0 radical (unpaired) electrons. The molecule has 0 aliphatic heterocycles. The number of aliphatic hydroxyl groups excluding tert-OH is 2. The van der Waals surface area contributed by atoms with Crippen molar-refractivity contribution in [2.75, 3.05) is 19.8 Å². The number of aliphatic hydroxyl groups is 2. The summed E-state index contributed by atoms with van der Waals surface area (Å²) in [6, 6.07) is 7.63.